The van der Waals surface area contributed by atoms with Crippen molar-refractivity contribution in [2.45, 2.75) is 24.8 Å². The Balaban J connectivity index is 2.28. The van der Waals surface area contributed by atoms with E-state index in [1.165, 1.54) is 6.07 Å². The van der Waals surface area contributed by atoms with Gasteiger partial charge in [0.1, 0.15) is 11.8 Å². The molecule has 1 fully saturated rings. The number of piperidine rings is 1. The highest BCUT2D eigenvalue weighted by molar-refractivity contribution is 5.87. The Hall–Kier alpha value is -2.15. The largest absolute Gasteiger partial charge is 0.480 e. The maximum atomic E-state index is 11.3. The van der Waals surface area contributed by atoms with Crippen molar-refractivity contribution in [1.29, 1.82) is 0 Å². The summed E-state index contributed by atoms with van der Waals surface area (Å²) in [5.74, 6) is -2.22. The van der Waals surface area contributed by atoms with Crippen molar-refractivity contribution in [3.8, 4) is 0 Å². The molecule has 0 saturated carbocycles. The SMILES string of the molecule is O=C(O)c1cc(C2CCNC(C(=O)O)C2)oc(=O)c1. The maximum absolute atomic E-state index is 11.3. The van der Waals surface area contributed by atoms with Gasteiger partial charge in [-0.3, -0.25) is 4.79 Å². The van der Waals surface area contributed by atoms with Gasteiger partial charge in [-0.2, -0.15) is 0 Å². The van der Waals surface area contributed by atoms with E-state index in [1.807, 2.05) is 0 Å². The lowest BCUT2D eigenvalue weighted by atomic mass is 9.89. The normalized spacial score (nSPS) is 22.9. The summed E-state index contributed by atoms with van der Waals surface area (Å²) in [5, 5.41) is 20.7. The van der Waals surface area contributed by atoms with Crippen molar-refractivity contribution in [2.75, 3.05) is 6.54 Å². The zero-order valence-electron chi connectivity index (χ0n) is 9.96. The molecule has 2 unspecified atom stereocenters. The number of carbonyl (C=O) groups is 2. The Morgan fingerprint density at radius 2 is 2.05 bits per heavy atom. The van der Waals surface area contributed by atoms with Crippen molar-refractivity contribution in [3.63, 3.8) is 0 Å². The minimum atomic E-state index is -1.21. The Labute approximate surface area is 107 Å². The van der Waals surface area contributed by atoms with Gasteiger partial charge in [-0.15, -0.1) is 0 Å². The first-order chi connectivity index (χ1) is 8.97. The first kappa shape index (κ1) is 13.3. The van der Waals surface area contributed by atoms with Crippen LogP contribution >= 0.6 is 0 Å². The van der Waals surface area contributed by atoms with Crippen LogP contribution in [0.2, 0.25) is 0 Å². The number of aromatic carboxylic acids is 1. The van der Waals surface area contributed by atoms with Gasteiger partial charge in [0.25, 0.3) is 0 Å². The molecule has 0 aliphatic carbocycles. The van der Waals surface area contributed by atoms with Crippen LogP contribution < -0.4 is 10.9 Å². The van der Waals surface area contributed by atoms with Gasteiger partial charge in [0.2, 0.25) is 0 Å². The summed E-state index contributed by atoms with van der Waals surface area (Å²) in [6, 6.07) is 1.48. The van der Waals surface area contributed by atoms with Gasteiger partial charge in [-0.1, -0.05) is 0 Å². The molecule has 2 heterocycles. The fraction of sp³-hybridized carbons (Fsp3) is 0.417. The van der Waals surface area contributed by atoms with E-state index in [0.717, 1.165) is 6.07 Å². The summed E-state index contributed by atoms with van der Waals surface area (Å²) in [7, 11) is 0. The van der Waals surface area contributed by atoms with Crippen molar-refractivity contribution >= 4 is 11.9 Å². The quantitative estimate of drug-likeness (QED) is 0.719. The number of rotatable bonds is 3. The zero-order chi connectivity index (χ0) is 14.0. The van der Waals surface area contributed by atoms with Gasteiger partial charge in [0, 0.05) is 12.0 Å². The highest BCUT2D eigenvalue weighted by Gasteiger charge is 2.29. The molecule has 1 aliphatic rings. The number of hydrogen-bond acceptors (Lipinski definition) is 5. The van der Waals surface area contributed by atoms with Crippen LogP contribution in [0.4, 0.5) is 0 Å². The van der Waals surface area contributed by atoms with Gasteiger partial charge in [0.05, 0.1) is 5.56 Å². The van der Waals surface area contributed by atoms with Crippen molar-refractivity contribution in [2.24, 2.45) is 0 Å². The van der Waals surface area contributed by atoms with Crippen molar-refractivity contribution < 1.29 is 24.2 Å². The van der Waals surface area contributed by atoms with Gasteiger partial charge in [0.15, 0.2) is 0 Å². The van der Waals surface area contributed by atoms with Crippen molar-refractivity contribution in [1.82, 2.24) is 5.32 Å². The lowest BCUT2D eigenvalue weighted by molar-refractivity contribution is -0.140. The van der Waals surface area contributed by atoms with Crippen LogP contribution in [0.3, 0.4) is 0 Å². The van der Waals surface area contributed by atoms with Crippen LogP contribution in [0.25, 0.3) is 0 Å². The number of aliphatic carboxylic acids is 1. The summed E-state index contributed by atoms with van der Waals surface area (Å²) < 4.78 is 5.00. The van der Waals surface area contributed by atoms with Crippen LogP contribution in [-0.2, 0) is 4.79 Å². The van der Waals surface area contributed by atoms with E-state index in [-0.39, 0.29) is 23.7 Å². The molecule has 0 radical (unpaired) electrons. The Morgan fingerprint density at radius 1 is 1.32 bits per heavy atom. The lowest BCUT2D eigenvalue weighted by Crippen LogP contribution is -2.42. The summed E-state index contributed by atoms with van der Waals surface area (Å²) in [6.07, 6.45) is 0.858. The van der Waals surface area contributed by atoms with Gasteiger partial charge in [-0.25, -0.2) is 9.59 Å². The van der Waals surface area contributed by atoms with Crippen LogP contribution in [0.15, 0.2) is 21.3 Å². The molecular formula is C12H13NO6. The second-order valence-electron chi connectivity index (χ2n) is 4.44. The fourth-order valence-electron chi connectivity index (χ4n) is 2.19. The minimum Gasteiger partial charge on any atom is -0.480 e. The smallest absolute Gasteiger partial charge is 0.336 e. The minimum absolute atomic E-state index is 0.142. The van der Waals surface area contributed by atoms with Gasteiger partial charge < -0.3 is 19.9 Å². The van der Waals surface area contributed by atoms with Crippen LogP contribution in [0, 0.1) is 0 Å². The number of carboxylic acid groups (broad SMARTS) is 2. The molecule has 0 spiro atoms. The van der Waals surface area contributed by atoms with E-state index in [9.17, 15) is 14.4 Å². The fourth-order valence-corrected chi connectivity index (χ4v) is 2.19. The van der Waals surface area contributed by atoms with Crippen LogP contribution in [-0.4, -0.2) is 34.7 Å². The van der Waals surface area contributed by atoms with Gasteiger partial charge >= 0.3 is 17.6 Å². The first-order valence-corrected chi connectivity index (χ1v) is 5.82. The molecule has 102 valence electrons. The van der Waals surface area contributed by atoms with E-state index >= 15 is 0 Å². The number of nitrogens with one attached hydrogen (secondary N) is 1. The average Bonchev–Trinajstić information content (AvgIpc) is 2.38. The van der Waals surface area contributed by atoms with E-state index < -0.39 is 23.6 Å². The molecule has 19 heavy (non-hydrogen) atoms. The third-order valence-corrected chi connectivity index (χ3v) is 3.14. The van der Waals surface area contributed by atoms with Gasteiger partial charge in [-0.05, 0) is 25.5 Å². The molecule has 2 atom stereocenters. The van der Waals surface area contributed by atoms with E-state index in [1.54, 1.807) is 0 Å². The second-order valence-corrected chi connectivity index (χ2v) is 4.44. The highest BCUT2D eigenvalue weighted by Crippen LogP contribution is 2.27. The first-order valence-electron chi connectivity index (χ1n) is 5.82. The molecule has 0 aromatic carbocycles. The monoisotopic (exact) mass is 267 g/mol. The molecular weight excluding hydrogens is 254 g/mol. The molecule has 7 nitrogen and oxygen atoms in total. The highest BCUT2D eigenvalue weighted by atomic mass is 16.4. The molecule has 7 heteroatoms. The Kier molecular flexibility index (Phi) is 3.66. The third kappa shape index (κ3) is 3.00. The molecule has 1 aliphatic heterocycles. The summed E-state index contributed by atoms with van der Waals surface area (Å²) in [4.78, 5) is 33.1. The molecule has 2 rings (SSSR count). The average molecular weight is 267 g/mol. The third-order valence-electron chi connectivity index (χ3n) is 3.14. The molecule has 1 aromatic rings. The molecule has 3 N–H and O–H groups in total. The van der Waals surface area contributed by atoms with E-state index in [0.29, 0.717) is 13.0 Å². The Morgan fingerprint density at radius 3 is 2.68 bits per heavy atom. The maximum Gasteiger partial charge on any atom is 0.336 e. The summed E-state index contributed by atoms with van der Waals surface area (Å²) >= 11 is 0. The number of hydrogen-bond donors (Lipinski definition) is 3. The predicted molar refractivity (Wildman–Crippen MR) is 63.3 cm³/mol. The topological polar surface area (TPSA) is 117 Å². The van der Waals surface area contributed by atoms with Crippen LogP contribution in [0.5, 0.6) is 0 Å². The number of carboxylic acids is 2. The molecule has 1 saturated heterocycles. The lowest BCUT2D eigenvalue weighted by Gasteiger charge is -2.26. The summed E-state index contributed by atoms with van der Waals surface area (Å²) in [5.41, 5.74) is -0.878. The summed E-state index contributed by atoms with van der Waals surface area (Å²) in [6.45, 7) is 0.475. The Bertz CT molecular complexity index is 564. The molecule has 1 aromatic heterocycles. The van der Waals surface area contributed by atoms with Crippen molar-refractivity contribution in [3.05, 3.63) is 33.9 Å². The standard InChI is InChI=1S/C12H13NO6/c14-10-5-7(11(15)16)4-9(19-10)6-1-2-13-8(3-6)12(17)18/h4-6,8,13H,1-3H2,(H,15,16)(H,17,18). The van der Waals surface area contributed by atoms with E-state index in [4.69, 9.17) is 14.6 Å². The predicted octanol–water partition coefficient (Wildman–Crippen LogP) is 0.258. The molecule has 0 amide bonds. The van der Waals surface area contributed by atoms with Crippen LogP contribution in [0.1, 0.15) is 34.9 Å². The zero-order valence-corrected chi connectivity index (χ0v) is 9.96. The molecule has 0 bridgehead atoms. The van der Waals surface area contributed by atoms with E-state index in [2.05, 4.69) is 5.32 Å². The second kappa shape index (κ2) is 5.23.